The van der Waals surface area contributed by atoms with E-state index in [1.165, 1.54) is 0 Å². The molecule has 0 spiro atoms. The predicted octanol–water partition coefficient (Wildman–Crippen LogP) is 1.69. The highest BCUT2D eigenvalue weighted by atomic mass is 16.5. The molecule has 8 heteroatoms. The van der Waals surface area contributed by atoms with Crippen molar-refractivity contribution in [3.05, 3.63) is 29.8 Å². The molecule has 0 saturated carbocycles. The summed E-state index contributed by atoms with van der Waals surface area (Å²) in [6, 6.07) is 7.13. The Morgan fingerprint density at radius 2 is 1.75 bits per heavy atom. The fourth-order valence-corrected chi connectivity index (χ4v) is 3.67. The van der Waals surface area contributed by atoms with Gasteiger partial charge in [-0.2, -0.15) is 0 Å². The maximum atomic E-state index is 12.5. The lowest BCUT2D eigenvalue weighted by Crippen LogP contribution is -2.47. The van der Waals surface area contributed by atoms with Gasteiger partial charge in [0.05, 0.1) is 0 Å². The molecule has 1 aromatic rings. The molecule has 0 aliphatic carbocycles. The topological polar surface area (TPSA) is 99.2 Å². The Labute approximate surface area is 164 Å². The minimum atomic E-state index is -1.03. The zero-order chi connectivity index (χ0) is 19.9. The number of nitrogens with one attached hydrogen (secondary N) is 1. The standard InChI is InChI=1S/C20H27N3O5/c24-18(25)14-28-17-5-3-4-15(12-17)13-21-19(26)16-6-10-23(11-7-16)20(27)22-8-1-2-9-22/h3-5,12,16H,1-2,6-11,13-14H2,(H,21,26)(H,24,25). The van der Waals surface area contributed by atoms with Crippen molar-refractivity contribution in [2.75, 3.05) is 32.8 Å². The summed E-state index contributed by atoms with van der Waals surface area (Å²) in [5.74, 6) is -0.671. The van der Waals surface area contributed by atoms with Crippen LogP contribution in [0.4, 0.5) is 4.79 Å². The van der Waals surface area contributed by atoms with E-state index in [0.29, 0.717) is 38.2 Å². The lowest BCUT2D eigenvalue weighted by molar-refractivity contribution is -0.139. The van der Waals surface area contributed by atoms with E-state index in [4.69, 9.17) is 9.84 Å². The molecule has 1 aromatic carbocycles. The third-order valence-corrected chi connectivity index (χ3v) is 5.24. The Morgan fingerprint density at radius 3 is 2.43 bits per heavy atom. The number of likely N-dealkylation sites (tertiary alicyclic amines) is 2. The summed E-state index contributed by atoms with van der Waals surface area (Å²) in [5, 5.41) is 11.6. The molecular weight excluding hydrogens is 362 g/mol. The van der Waals surface area contributed by atoms with Crippen molar-refractivity contribution in [1.29, 1.82) is 0 Å². The van der Waals surface area contributed by atoms with Crippen molar-refractivity contribution in [2.45, 2.75) is 32.2 Å². The van der Waals surface area contributed by atoms with Crippen LogP contribution in [0.2, 0.25) is 0 Å². The molecule has 28 heavy (non-hydrogen) atoms. The molecule has 0 unspecified atom stereocenters. The van der Waals surface area contributed by atoms with E-state index in [1.54, 1.807) is 18.2 Å². The Hall–Kier alpha value is -2.77. The predicted molar refractivity (Wildman–Crippen MR) is 102 cm³/mol. The van der Waals surface area contributed by atoms with Crippen LogP contribution in [0.25, 0.3) is 0 Å². The Kier molecular flexibility index (Phi) is 6.73. The second-order valence-corrected chi connectivity index (χ2v) is 7.29. The quantitative estimate of drug-likeness (QED) is 0.771. The summed E-state index contributed by atoms with van der Waals surface area (Å²) < 4.78 is 5.15. The number of carboxylic acids is 1. The molecule has 152 valence electrons. The molecule has 3 amide bonds. The molecule has 2 aliphatic rings. The van der Waals surface area contributed by atoms with Crippen molar-refractivity contribution < 1.29 is 24.2 Å². The number of ether oxygens (including phenoxy) is 1. The second-order valence-electron chi connectivity index (χ2n) is 7.29. The highest BCUT2D eigenvalue weighted by molar-refractivity contribution is 5.79. The average molecular weight is 389 g/mol. The number of aliphatic carboxylic acids is 1. The van der Waals surface area contributed by atoms with Crippen LogP contribution in [-0.4, -0.2) is 65.6 Å². The van der Waals surface area contributed by atoms with E-state index in [0.717, 1.165) is 31.5 Å². The van der Waals surface area contributed by atoms with Gasteiger partial charge in [0, 0.05) is 38.6 Å². The van der Waals surface area contributed by atoms with Crippen LogP contribution in [0.1, 0.15) is 31.2 Å². The molecule has 2 heterocycles. The van der Waals surface area contributed by atoms with Crippen molar-refractivity contribution in [3.63, 3.8) is 0 Å². The van der Waals surface area contributed by atoms with Gasteiger partial charge in [-0.1, -0.05) is 12.1 Å². The van der Waals surface area contributed by atoms with Gasteiger partial charge in [0.2, 0.25) is 5.91 Å². The van der Waals surface area contributed by atoms with E-state index in [1.807, 2.05) is 15.9 Å². The number of nitrogens with zero attached hydrogens (tertiary/aromatic N) is 2. The number of amides is 3. The van der Waals surface area contributed by atoms with Gasteiger partial charge in [-0.15, -0.1) is 0 Å². The summed E-state index contributed by atoms with van der Waals surface area (Å²) in [6.45, 7) is 2.88. The molecule has 0 bridgehead atoms. The van der Waals surface area contributed by atoms with E-state index < -0.39 is 12.6 Å². The lowest BCUT2D eigenvalue weighted by atomic mass is 9.96. The van der Waals surface area contributed by atoms with E-state index >= 15 is 0 Å². The molecule has 0 aromatic heterocycles. The molecule has 0 atom stereocenters. The SMILES string of the molecule is O=C(O)COc1cccc(CNC(=O)C2CCN(C(=O)N3CCCC3)CC2)c1. The van der Waals surface area contributed by atoms with Gasteiger partial charge < -0.3 is 25.0 Å². The summed E-state index contributed by atoms with van der Waals surface area (Å²) in [5.41, 5.74) is 0.845. The second kappa shape index (κ2) is 9.43. The van der Waals surface area contributed by atoms with Gasteiger partial charge >= 0.3 is 12.0 Å². The zero-order valence-corrected chi connectivity index (χ0v) is 15.9. The van der Waals surface area contributed by atoms with Crippen LogP contribution in [0, 0.1) is 5.92 Å². The maximum absolute atomic E-state index is 12.5. The highest BCUT2D eigenvalue weighted by Crippen LogP contribution is 2.20. The minimum absolute atomic E-state index is 0.00914. The van der Waals surface area contributed by atoms with Crippen molar-refractivity contribution in [2.24, 2.45) is 5.92 Å². The first-order chi connectivity index (χ1) is 13.5. The van der Waals surface area contributed by atoms with Crippen LogP contribution >= 0.6 is 0 Å². The Morgan fingerprint density at radius 1 is 1.07 bits per heavy atom. The molecule has 0 radical (unpaired) electrons. The van der Waals surface area contributed by atoms with Crippen LogP contribution in [0.3, 0.4) is 0 Å². The molecule has 2 aliphatic heterocycles. The first-order valence-electron chi connectivity index (χ1n) is 9.78. The number of hydrogen-bond donors (Lipinski definition) is 2. The van der Waals surface area contributed by atoms with Gasteiger partial charge in [-0.05, 0) is 43.4 Å². The number of carbonyl (C=O) groups is 3. The summed E-state index contributed by atoms with van der Waals surface area (Å²) in [7, 11) is 0. The van der Waals surface area contributed by atoms with Gasteiger partial charge in [0.15, 0.2) is 6.61 Å². The first kappa shape index (κ1) is 20.0. The van der Waals surface area contributed by atoms with E-state index in [9.17, 15) is 14.4 Å². The van der Waals surface area contributed by atoms with Crippen molar-refractivity contribution in [1.82, 2.24) is 15.1 Å². The van der Waals surface area contributed by atoms with Gasteiger partial charge in [0.25, 0.3) is 0 Å². The summed E-state index contributed by atoms with van der Waals surface area (Å²) in [4.78, 5) is 39.2. The monoisotopic (exact) mass is 389 g/mol. The van der Waals surface area contributed by atoms with Crippen LogP contribution in [0.5, 0.6) is 5.75 Å². The van der Waals surface area contributed by atoms with Crippen LogP contribution in [0.15, 0.2) is 24.3 Å². The van der Waals surface area contributed by atoms with Gasteiger partial charge in [-0.25, -0.2) is 9.59 Å². The Bertz CT molecular complexity index is 710. The summed E-state index contributed by atoms with van der Waals surface area (Å²) >= 11 is 0. The number of carboxylic acid groups (broad SMARTS) is 1. The van der Waals surface area contributed by atoms with Crippen LogP contribution in [-0.2, 0) is 16.1 Å². The smallest absolute Gasteiger partial charge is 0.341 e. The minimum Gasteiger partial charge on any atom is -0.482 e. The highest BCUT2D eigenvalue weighted by Gasteiger charge is 2.30. The number of piperidine rings is 1. The number of rotatable bonds is 6. The van der Waals surface area contributed by atoms with Gasteiger partial charge in [0.1, 0.15) is 5.75 Å². The fraction of sp³-hybridized carbons (Fsp3) is 0.550. The number of carbonyl (C=O) groups excluding carboxylic acids is 2. The molecule has 3 rings (SSSR count). The normalized spacial score (nSPS) is 17.4. The van der Waals surface area contributed by atoms with Gasteiger partial charge in [-0.3, -0.25) is 4.79 Å². The number of benzene rings is 1. The average Bonchev–Trinajstić information content (AvgIpc) is 3.25. The Balaban J connectivity index is 1.43. The van der Waals surface area contributed by atoms with Crippen LogP contribution < -0.4 is 10.1 Å². The zero-order valence-electron chi connectivity index (χ0n) is 15.9. The fourth-order valence-electron chi connectivity index (χ4n) is 3.67. The largest absolute Gasteiger partial charge is 0.482 e. The molecule has 2 N–H and O–H groups in total. The lowest BCUT2D eigenvalue weighted by Gasteiger charge is -2.34. The summed E-state index contributed by atoms with van der Waals surface area (Å²) in [6.07, 6.45) is 3.50. The molecule has 2 fully saturated rings. The third-order valence-electron chi connectivity index (χ3n) is 5.24. The van der Waals surface area contributed by atoms with E-state index in [2.05, 4.69) is 5.32 Å². The molecule has 8 nitrogen and oxygen atoms in total. The number of urea groups is 1. The van der Waals surface area contributed by atoms with Crippen molar-refractivity contribution >= 4 is 17.9 Å². The van der Waals surface area contributed by atoms with Crippen molar-refractivity contribution in [3.8, 4) is 5.75 Å². The maximum Gasteiger partial charge on any atom is 0.341 e. The third kappa shape index (κ3) is 5.37. The molecule has 2 saturated heterocycles. The first-order valence-corrected chi connectivity index (χ1v) is 9.78. The van der Waals surface area contributed by atoms with E-state index in [-0.39, 0.29) is 17.9 Å². The number of hydrogen-bond acceptors (Lipinski definition) is 4. The molecular formula is C20H27N3O5.